The number of nitrogens with zero attached hydrogens (tertiary/aromatic N) is 1. The largest absolute Gasteiger partial charge is 0.497 e. The van der Waals surface area contributed by atoms with Crippen molar-refractivity contribution in [3.8, 4) is 23.0 Å². The molecule has 8 heteroatoms. The molecule has 2 aromatic rings. The SMILES string of the molecule is CCOc1ccc(S(=O)(=O)N(C)CCOc2ccc(OC)cc2)cc1OCC. The molecule has 2 aromatic carbocycles. The smallest absolute Gasteiger partial charge is 0.243 e. The van der Waals surface area contributed by atoms with Crippen LogP contribution in [0.25, 0.3) is 0 Å². The molecule has 0 aliphatic carbocycles. The van der Waals surface area contributed by atoms with Gasteiger partial charge >= 0.3 is 0 Å². The maximum atomic E-state index is 12.8. The Labute approximate surface area is 166 Å². The Hall–Kier alpha value is -2.45. The molecule has 154 valence electrons. The van der Waals surface area contributed by atoms with Crippen molar-refractivity contribution in [1.29, 1.82) is 0 Å². The Kier molecular flexibility index (Phi) is 7.95. The van der Waals surface area contributed by atoms with Crippen LogP contribution in [0.5, 0.6) is 23.0 Å². The minimum Gasteiger partial charge on any atom is -0.497 e. The Balaban J connectivity index is 2.04. The predicted octanol–water partition coefficient (Wildman–Crippen LogP) is 3.19. The van der Waals surface area contributed by atoms with Gasteiger partial charge in [0, 0.05) is 19.7 Å². The van der Waals surface area contributed by atoms with Crippen LogP contribution >= 0.6 is 0 Å². The van der Waals surface area contributed by atoms with Crippen LogP contribution in [0.4, 0.5) is 0 Å². The molecule has 0 spiro atoms. The molecular weight excluding hydrogens is 382 g/mol. The normalized spacial score (nSPS) is 11.3. The van der Waals surface area contributed by atoms with Crippen molar-refractivity contribution in [3.63, 3.8) is 0 Å². The molecule has 0 fully saturated rings. The highest BCUT2D eigenvalue weighted by Crippen LogP contribution is 2.31. The zero-order valence-electron chi connectivity index (χ0n) is 16.7. The van der Waals surface area contributed by atoms with Crippen LogP contribution in [-0.4, -0.2) is 53.2 Å². The van der Waals surface area contributed by atoms with E-state index in [9.17, 15) is 8.42 Å². The molecule has 0 aliphatic rings. The molecule has 0 aromatic heterocycles. The number of sulfonamides is 1. The molecule has 0 bridgehead atoms. The third kappa shape index (κ3) is 5.53. The van der Waals surface area contributed by atoms with Gasteiger partial charge in [0.05, 0.1) is 25.2 Å². The second-order valence-electron chi connectivity index (χ2n) is 5.83. The first-order valence-electron chi connectivity index (χ1n) is 9.05. The molecule has 0 unspecified atom stereocenters. The molecule has 0 saturated carbocycles. The molecule has 0 radical (unpaired) electrons. The molecule has 0 saturated heterocycles. The summed E-state index contributed by atoms with van der Waals surface area (Å²) in [6, 6.07) is 11.7. The molecule has 0 heterocycles. The zero-order chi connectivity index (χ0) is 20.6. The lowest BCUT2D eigenvalue weighted by atomic mass is 10.3. The van der Waals surface area contributed by atoms with Crippen LogP contribution in [0.15, 0.2) is 47.4 Å². The average molecular weight is 410 g/mol. The van der Waals surface area contributed by atoms with E-state index in [1.165, 1.54) is 23.5 Å². The summed E-state index contributed by atoms with van der Waals surface area (Å²) in [6.07, 6.45) is 0. The van der Waals surface area contributed by atoms with Crippen LogP contribution in [0, 0.1) is 0 Å². The van der Waals surface area contributed by atoms with Gasteiger partial charge in [-0.2, -0.15) is 4.31 Å². The van der Waals surface area contributed by atoms with E-state index in [1.54, 1.807) is 37.4 Å². The third-order valence-corrected chi connectivity index (χ3v) is 5.81. The summed E-state index contributed by atoms with van der Waals surface area (Å²) in [4.78, 5) is 0.145. The van der Waals surface area contributed by atoms with Crippen molar-refractivity contribution in [2.75, 3.05) is 40.5 Å². The highest BCUT2D eigenvalue weighted by Gasteiger charge is 2.22. The van der Waals surface area contributed by atoms with E-state index in [-0.39, 0.29) is 18.0 Å². The number of hydrogen-bond donors (Lipinski definition) is 0. The molecular formula is C20H27NO6S. The van der Waals surface area contributed by atoms with Gasteiger partial charge in [0.2, 0.25) is 10.0 Å². The Morgan fingerprint density at radius 3 is 2.07 bits per heavy atom. The van der Waals surface area contributed by atoms with E-state index in [0.29, 0.717) is 30.5 Å². The van der Waals surface area contributed by atoms with Gasteiger partial charge in [0.1, 0.15) is 18.1 Å². The highest BCUT2D eigenvalue weighted by atomic mass is 32.2. The van der Waals surface area contributed by atoms with Crippen molar-refractivity contribution < 1.29 is 27.4 Å². The predicted molar refractivity (Wildman–Crippen MR) is 107 cm³/mol. The Morgan fingerprint density at radius 2 is 1.46 bits per heavy atom. The maximum Gasteiger partial charge on any atom is 0.243 e. The van der Waals surface area contributed by atoms with Gasteiger partial charge in [-0.3, -0.25) is 0 Å². The number of hydrogen-bond acceptors (Lipinski definition) is 6. The van der Waals surface area contributed by atoms with Crippen LogP contribution in [0.2, 0.25) is 0 Å². The molecule has 0 amide bonds. The quantitative estimate of drug-likeness (QED) is 0.567. The van der Waals surface area contributed by atoms with Crippen molar-refractivity contribution >= 4 is 10.0 Å². The monoisotopic (exact) mass is 409 g/mol. The second kappa shape index (κ2) is 10.2. The van der Waals surface area contributed by atoms with E-state index in [0.717, 1.165) is 5.75 Å². The van der Waals surface area contributed by atoms with Crippen LogP contribution in [0.1, 0.15) is 13.8 Å². The van der Waals surface area contributed by atoms with Gasteiger partial charge in [-0.05, 0) is 50.2 Å². The van der Waals surface area contributed by atoms with Crippen molar-refractivity contribution in [2.24, 2.45) is 0 Å². The number of likely N-dealkylation sites (N-methyl/N-ethyl adjacent to an activating group) is 1. The second-order valence-corrected chi connectivity index (χ2v) is 7.87. The maximum absolute atomic E-state index is 12.8. The van der Waals surface area contributed by atoms with Crippen LogP contribution < -0.4 is 18.9 Å². The summed E-state index contributed by atoms with van der Waals surface area (Å²) >= 11 is 0. The average Bonchev–Trinajstić information content (AvgIpc) is 2.70. The van der Waals surface area contributed by atoms with Crippen LogP contribution in [0.3, 0.4) is 0 Å². The lowest BCUT2D eigenvalue weighted by Gasteiger charge is -2.19. The van der Waals surface area contributed by atoms with Gasteiger partial charge in [-0.1, -0.05) is 0 Å². The lowest BCUT2D eigenvalue weighted by Crippen LogP contribution is -2.31. The molecule has 0 aliphatic heterocycles. The number of methoxy groups -OCH3 is 1. The van der Waals surface area contributed by atoms with E-state index < -0.39 is 10.0 Å². The van der Waals surface area contributed by atoms with Gasteiger partial charge in [-0.25, -0.2) is 8.42 Å². The summed E-state index contributed by atoms with van der Waals surface area (Å²) in [6.45, 7) is 4.99. The Morgan fingerprint density at radius 1 is 0.857 bits per heavy atom. The first-order valence-corrected chi connectivity index (χ1v) is 10.5. The summed E-state index contributed by atoms with van der Waals surface area (Å²) < 4.78 is 48.6. The highest BCUT2D eigenvalue weighted by molar-refractivity contribution is 7.89. The van der Waals surface area contributed by atoms with E-state index in [2.05, 4.69) is 0 Å². The fraction of sp³-hybridized carbons (Fsp3) is 0.400. The molecule has 0 N–H and O–H groups in total. The number of ether oxygens (including phenoxy) is 4. The zero-order valence-corrected chi connectivity index (χ0v) is 17.5. The minimum absolute atomic E-state index is 0.145. The first-order chi connectivity index (χ1) is 13.4. The fourth-order valence-corrected chi connectivity index (χ4v) is 3.63. The summed E-state index contributed by atoms with van der Waals surface area (Å²) in [5, 5.41) is 0. The molecule has 2 rings (SSSR count). The fourth-order valence-electron chi connectivity index (χ4n) is 2.46. The van der Waals surface area contributed by atoms with Gasteiger partial charge in [-0.15, -0.1) is 0 Å². The van der Waals surface area contributed by atoms with E-state index >= 15 is 0 Å². The molecule has 28 heavy (non-hydrogen) atoms. The summed E-state index contributed by atoms with van der Waals surface area (Å²) in [5.74, 6) is 2.31. The van der Waals surface area contributed by atoms with Crippen LogP contribution in [-0.2, 0) is 10.0 Å². The van der Waals surface area contributed by atoms with Gasteiger partial charge in [0.25, 0.3) is 0 Å². The summed E-state index contributed by atoms with van der Waals surface area (Å²) in [7, 11) is -0.571. The number of rotatable bonds is 11. The first kappa shape index (κ1) is 21.8. The molecule has 7 nitrogen and oxygen atoms in total. The van der Waals surface area contributed by atoms with Crippen molar-refractivity contribution in [2.45, 2.75) is 18.7 Å². The number of benzene rings is 2. The topological polar surface area (TPSA) is 74.3 Å². The minimum atomic E-state index is -3.68. The standard InChI is InChI=1S/C20H27NO6S/c1-5-25-19-12-11-18(15-20(19)26-6-2)28(22,23)21(3)13-14-27-17-9-7-16(24-4)8-10-17/h7-12,15H,5-6,13-14H2,1-4H3. The van der Waals surface area contributed by atoms with Crippen molar-refractivity contribution in [1.82, 2.24) is 4.31 Å². The lowest BCUT2D eigenvalue weighted by molar-refractivity contribution is 0.284. The van der Waals surface area contributed by atoms with Crippen molar-refractivity contribution in [3.05, 3.63) is 42.5 Å². The Bertz CT molecular complexity index is 851. The third-order valence-electron chi connectivity index (χ3n) is 3.96. The van der Waals surface area contributed by atoms with Gasteiger partial charge < -0.3 is 18.9 Å². The van der Waals surface area contributed by atoms with E-state index in [1.807, 2.05) is 13.8 Å². The summed E-state index contributed by atoms with van der Waals surface area (Å²) in [5.41, 5.74) is 0. The molecule has 0 atom stereocenters. The van der Waals surface area contributed by atoms with E-state index in [4.69, 9.17) is 18.9 Å². The van der Waals surface area contributed by atoms with Gasteiger partial charge in [0.15, 0.2) is 11.5 Å².